The van der Waals surface area contributed by atoms with Crippen LogP contribution in [0.1, 0.15) is 20.3 Å². The SMILES string of the molecule is CC(C(=O)O)C(C)C(=O)N(C)CCC(F)(F)F. The number of halogens is 3. The molecule has 0 fully saturated rings. The monoisotopic (exact) mass is 255 g/mol. The van der Waals surface area contributed by atoms with E-state index >= 15 is 0 Å². The zero-order valence-electron chi connectivity index (χ0n) is 9.91. The van der Waals surface area contributed by atoms with Gasteiger partial charge in [-0.25, -0.2) is 0 Å². The summed E-state index contributed by atoms with van der Waals surface area (Å²) in [4.78, 5) is 23.1. The van der Waals surface area contributed by atoms with Gasteiger partial charge in [0.1, 0.15) is 0 Å². The lowest BCUT2D eigenvalue weighted by Crippen LogP contribution is -2.38. The lowest BCUT2D eigenvalue weighted by Gasteiger charge is -2.23. The molecule has 4 nitrogen and oxygen atoms in total. The minimum Gasteiger partial charge on any atom is -0.481 e. The van der Waals surface area contributed by atoms with Crippen LogP contribution in [0.25, 0.3) is 0 Å². The van der Waals surface area contributed by atoms with Gasteiger partial charge in [-0.1, -0.05) is 13.8 Å². The van der Waals surface area contributed by atoms with E-state index in [2.05, 4.69) is 0 Å². The standard InChI is InChI=1S/C10H16F3NO3/c1-6(7(2)9(16)17)8(15)14(3)5-4-10(11,12)13/h6-7H,4-5H2,1-3H3,(H,16,17). The second-order valence-electron chi connectivity index (χ2n) is 4.04. The molecule has 17 heavy (non-hydrogen) atoms. The molecule has 0 spiro atoms. The quantitative estimate of drug-likeness (QED) is 0.814. The summed E-state index contributed by atoms with van der Waals surface area (Å²) >= 11 is 0. The molecule has 0 heterocycles. The van der Waals surface area contributed by atoms with Crippen molar-refractivity contribution in [2.75, 3.05) is 13.6 Å². The van der Waals surface area contributed by atoms with E-state index in [0.717, 1.165) is 4.90 Å². The van der Waals surface area contributed by atoms with Gasteiger partial charge in [-0.15, -0.1) is 0 Å². The van der Waals surface area contributed by atoms with Gasteiger partial charge in [-0.2, -0.15) is 13.2 Å². The van der Waals surface area contributed by atoms with E-state index in [-0.39, 0.29) is 0 Å². The van der Waals surface area contributed by atoms with Crippen molar-refractivity contribution in [2.45, 2.75) is 26.4 Å². The Morgan fingerprint density at radius 1 is 1.24 bits per heavy atom. The predicted octanol–water partition coefficient (Wildman–Crippen LogP) is 1.75. The Morgan fingerprint density at radius 2 is 1.71 bits per heavy atom. The van der Waals surface area contributed by atoms with Gasteiger partial charge in [-0.3, -0.25) is 9.59 Å². The van der Waals surface area contributed by atoms with Crippen LogP contribution in [-0.2, 0) is 9.59 Å². The third kappa shape index (κ3) is 5.55. The maximum absolute atomic E-state index is 11.9. The molecule has 0 aliphatic carbocycles. The molecule has 0 radical (unpaired) electrons. The van der Waals surface area contributed by atoms with Crippen LogP contribution >= 0.6 is 0 Å². The molecule has 0 rings (SSSR count). The molecule has 0 aromatic rings. The maximum atomic E-state index is 11.9. The summed E-state index contributed by atoms with van der Waals surface area (Å²) in [6.07, 6.45) is -5.42. The number of rotatable bonds is 5. The summed E-state index contributed by atoms with van der Waals surface area (Å²) in [5, 5.41) is 8.69. The van der Waals surface area contributed by atoms with E-state index in [1.165, 1.54) is 20.9 Å². The molecule has 0 aromatic heterocycles. The lowest BCUT2D eigenvalue weighted by molar-refractivity contribution is -0.152. The van der Waals surface area contributed by atoms with Crippen molar-refractivity contribution in [3.05, 3.63) is 0 Å². The number of carbonyl (C=O) groups is 2. The average molecular weight is 255 g/mol. The Bertz CT molecular complexity index is 291. The van der Waals surface area contributed by atoms with E-state index < -0.39 is 42.9 Å². The van der Waals surface area contributed by atoms with Crippen molar-refractivity contribution in [3.63, 3.8) is 0 Å². The highest BCUT2D eigenvalue weighted by Crippen LogP contribution is 2.20. The Kier molecular flexibility index (Phi) is 5.44. The average Bonchev–Trinajstić information content (AvgIpc) is 2.21. The third-order valence-corrected chi connectivity index (χ3v) is 2.64. The zero-order chi connectivity index (χ0) is 13.8. The topological polar surface area (TPSA) is 57.6 Å². The minimum absolute atomic E-state index is 0.459. The van der Waals surface area contributed by atoms with Crippen molar-refractivity contribution in [2.24, 2.45) is 11.8 Å². The number of carboxylic acid groups (broad SMARTS) is 1. The molecule has 0 saturated carbocycles. The van der Waals surface area contributed by atoms with Crippen molar-refractivity contribution >= 4 is 11.9 Å². The molecular formula is C10H16F3NO3. The van der Waals surface area contributed by atoms with Crippen LogP contribution in [0.4, 0.5) is 13.2 Å². The van der Waals surface area contributed by atoms with E-state index in [0.29, 0.717) is 0 Å². The molecule has 1 amide bonds. The Labute approximate surface area is 97.4 Å². The molecule has 7 heteroatoms. The molecule has 1 N–H and O–H groups in total. The first kappa shape index (κ1) is 15.7. The number of hydrogen-bond acceptors (Lipinski definition) is 2. The lowest BCUT2D eigenvalue weighted by atomic mass is 9.95. The van der Waals surface area contributed by atoms with Crippen LogP contribution in [0.5, 0.6) is 0 Å². The van der Waals surface area contributed by atoms with E-state index in [1.54, 1.807) is 0 Å². The van der Waals surface area contributed by atoms with E-state index in [9.17, 15) is 22.8 Å². The molecule has 100 valence electrons. The first-order chi connectivity index (χ1) is 7.56. The van der Waals surface area contributed by atoms with Gasteiger partial charge < -0.3 is 10.0 Å². The first-order valence-electron chi connectivity index (χ1n) is 5.10. The molecule has 0 bridgehead atoms. The summed E-state index contributed by atoms with van der Waals surface area (Å²) in [6.45, 7) is 2.28. The van der Waals surface area contributed by atoms with Gasteiger partial charge in [0.2, 0.25) is 5.91 Å². The van der Waals surface area contributed by atoms with Gasteiger partial charge in [0.25, 0.3) is 0 Å². The van der Waals surface area contributed by atoms with Gasteiger partial charge in [0.05, 0.1) is 12.3 Å². The Morgan fingerprint density at radius 3 is 2.06 bits per heavy atom. The summed E-state index contributed by atoms with van der Waals surface area (Å²) in [7, 11) is 1.24. The number of hydrogen-bond donors (Lipinski definition) is 1. The van der Waals surface area contributed by atoms with Crippen molar-refractivity contribution in [1.82, 2.24) is 4.90 Å². The second kappa shape index (κ2) is 5.88. The third-order valence-electron chi connectivity index (χ3n) is 2.64. The van der Waals surface area contributed by atoms with Crippen molar-refractivity contribution in [3.8, 4) is 0 Å². The molecule has 0 saturated heterocycles. The van der Waals surface area contributed by atoms with Gasteiger partial charge >= 0.3 is 12.1 Å². The fourth-order valence-electron chi connectivity index (χ4n) is 1.18. The summed E-state index contributed by atoms with van der Waals surface area (Å²) < 4.78 is 35.8. The first-order valence-corrected chi connectivity index (χ1v) is 5.10. The van der Waals surface area contributed by atoms with Crippen LogP contribution in [0, 0.1) is 11.8 Å². The van der Waals surface area contributed by atoms with Crippen LogP contribution in [0.15, 0.2) is 0 Å². The van der Waals surface area contributed by atoms with Gasteiger partial charge in [0.15, 0.2) is 0 Å². The van der Waals surface area contributed by atoms with Gasteiger partial charge in [0, 0.05) is 19.5 Å². The highest BCUT2D eigenvalue weighted by molar-refractivity contribution is 5.84. The second-order valence-corrected chi connectivity index (χ2v) is 4.04. The highest BCUT2D eigenvalue weighted by Gasteiger charge is 2.31. The minimum atomic E-state index is -4.32. The number of amides is 1. The van der Waals surface area contributed by atoms with Crippen LogP contribution in [0.2, 0.25) is 0 Å². The van der Waals surface area contributed by atoms with Crippen LogP contribution < -0.4 is 0 Å². The number of alkyl halides is 3. The molecule has 2 unspecified atom stereocenters. The van der Waals surface area contributed by atoms with E-state index in [4.69, 9.17) is 5.11 Å². The summed E-state index contributed by atoms with van der Waals surface area (Å²) in [6, 6.07) is 0. The highest BCUT2D eigenvalue weighted by atomic mass is 19.4. The fraction of sp³-hybridized carbons (Fsp3) is 0.800. The summed E-state index contributed by atoms with van der Waals surface area (Å²) in [5.41, 5.74) is 0. The van der Waals surface area contributed by atoms with Crippen molar-refractivity contribution < 1.29 is 27.9 Å². The smallest absolute Gasteiger partial charge is 0.390 e. The number of carbonyl (C=O) groups excluding carboxylic acids is 1. The molecule has 2 atom stereocenters. The normalized spacial score (nSPS) is 15.2. The predicted molar refractivity (Wildman–Crippen MR) is 54.3 cm³/mol. The van der Waals surface area contributed by atoms with Gasteiger partial charge in [-0.05, 0) is 0 Å². The van der Waals surface area contributed by atoms with Crippen molar-refractivity contribution in [1.29, 1.82) is 0 Å². The number of nitrogens with zero attached hydrogens (tertiary/aromatic N) is 1. The van der Waals surface area contributed by atoms with E-state index in [1.807, 2.05) is 0 Å². The largest absolute Gasteiger partial charge is 0.481 e. The van der Waals surface area contributed by atoms with Crippen LogP contribution in [-0.4, -0.2) is 41.7 Å². The molecule has 0 aromatic carbocycles. The zero-order valence-corrected chi connectivity index (χ0v) is 9.91. The molecule has 0 aliphatic rings. The fourth-order valence-corrected chi connectivity index (χ4v) is 1.18. The Hall–Kier alpha value is -1.27. The summed E-state index contributed by atoms with van der Waals surface area (Å²) in [5.74, 6) is -3.50. The van der Waals surface area contributed by atoms with Crippen LogP contribution in [0.3, 0.4) is 0 Å². The maximum Gasteiger partial charge on any atom is 0.390 e. The molecular weight excluding hydrogens is 239 g/mol. The Balaban J connectivity index is 4.35. The number of carboxylic acids is 1. The molecule has 0 aliphatic heterocycles. The number of aliphatic carboxylic acids is 1.